The lowest BCUT2D eigenvalue weighted by Gasteiger charge is -2.26. The molecule has 0 aliphatic carbocycles. The molecule has 0 spiro atoms. The number of carbonyl (C=O) groups is 1. The summed E-state index contributed by atoms with van der Waals surface area (Å²) < 4.78 is 35.3. The third-order valence-electron chi connectivity index (χ3n) is 4.66. The molecule has 0 radical (unpaired) electrons. The Morgan fingerprint density at radius 3 is 2.72 bits per heavy atom. The van der Waals surface area contributed by atoms with Crippen molar-refractivity contribution in [3.8, 4) is 11.5 Å². The zero-order valence-electron chi connectivity index (χ0n) is 14.1. The van der Waals surface area contributed by atoms with Crippen LogP contribution >= 0.6 is 0 Å². The summed E-state index contributed by atoms with van der Waals surface area (Å²) in [4.78, 5) is 13.0. The third kappa shape index (κ3) is 4.64. The molecule has 2 aliphatic rings. The maximum Gasteiger partial charge on any atom is 0.218 e. The highest BCUT2D eigenvalue weighted by Gasteiger charge is 2.28. The first-order valence-electron chi connectivity index (χ1n) is 8.57. The first kappa shape index (κ1) is 18.0. The van der Waals surface area contributed by atoms with E-state index in [4.69, 9.17) is 15.2 Å². The van der Waals surface area contributed by atoms with E-state index in [1.54, 1.807) is 0 Å². The summed E-state index contributed by atoms with van der Waals surface area (Å²) >= 11 is 0. The molecule has 0 bridgehead atoms. The molecule has 8 heteroatoms. The highest BCUT2D eigenvalue weighted by atomic mass is 32.2. The second-order valence-corrected chi connectivity index (χ2v) is 8.77. The second-order valence-electron chi connectivity index (χ2n) is 6.47. The molecule has 0 saturated carbocycles. The Balaban J connectivity index is 1.64. The number of nitrogens with zero attached hydrogens (tertiary/aromatic N) is 1. The van der Waals surface area contributed by atoms with E-state index in [-0.39, 0.29) is 24.0 Å². The number of sulfone groups is 1. The van der Waals surface area contributed by atoms with Gasteiger partial charge in [0.2, 0.25) is 5.91 Å². The zero-order valence-corrected chi connectivity index (χ0v) is 15.0. The second kappa shape index (κ2) is 7.61. The van der Waals surface area contributed by atoms with E-state index in [9.17, 15) is 13.2 Å². The lowest BCUT2D eigenvalue weighted by atomic mass is 10.0. The van der Waals surface area contributed by atoms with Crippen molar-refractivity contribution in [2.45, 2.75) is 25.3 Å². The Morgan fingerprint density at radius 2 is 1.96 bits per heavy atom. The summed E-state index contributed by atoms with van der Waals surface area (Å²) in [5.74, 6) is 0.795. The molecule has 2 N–H and O–H groups in total. The normalized spacial score (nSPS) is 20.6. The van der Waals surface area contributed by atoms with E-state index in [0.717, 1.165) is 36.4 Å². The molecule has 1 unspecified atom stereocenters. The predicted molar refractivity (Wildman–Crippen MR) is 93.4 cm³/mol. The monoisotopic (exact) mass is 368 g/mol. The van der Waals surface area contributed by atoms with Crippen LogP contribution in [0.1, 0.15) is 30.9 Å². The smallest absolute Gasteiger partial charge is 0.218 e. The van der Waals surface area contributed by atoms with Crippen LogP contribution in [0.25, 0.3) is 0 Å². The molecule has 1 amide bonds. The van der Waals surface area contributed by atoms with Gasteiger partial charge in [0.15, 0.2) is 21.3 Å². The van der Waals surface area contributed by atoms with Crippen molar-refractivity contribution in [3.63, 3.8) is 0 Å². The topological polar surface area (TPSA) is 98.9 Å². The van der Waals surface area contributed by atoms with Gasteiger partial charge in [-0.3, -0.25) is 9.69 Å². The van der Waals surface area contributed by atoms with Gasteiger partial charge in [0.25, 0.3) is 0 Å². The number of ether oxygens (including phenoxy) is 2. The van der Waals surface area contributed by atoms with Gasteiger partial charge in [0, 0.05) is 19.0 Å². The van der Waals surface area contributed by atoms with Crippen LogP contribution in [0.5, 0.6) is 11.5 Å². The van der Waals surface area contributed by atoms with Crippen molar-refractivity contribution < 1.29 is 22.7 Å². The zero-order chi connectivity index (χ0) is 17.9. The average molecular weight is 368 g/mol. The fourth-order valence-corrected chi connectivity index (χ4v) is 4.58. The van der Waals surface area contributed by atoms with Crippen LogP contribution in [0.4, 0.5) is 0 Å². The Hall–Kier alpha value is -1.80. The van der Waals surface area contributed by atoms with E-state index in [0.29, 0.717) is 19.8 Å². The quantitative estimate of drug-likeness (QED) is 0.767. The predicted octanol–water partition coefficient (Wildman–Crippen LogP) is 0.885. The van der Waals surface area contributed by atoms with Crippen molar-refractivity contribution in [2.75, 3.05) is 37.8 Å². The molecule has 1 aromatic rings. The highest BCUT2D eigenvalue weighted by molar-refractivity contribution is 7.91. The van der Waals surface area contributed by atoms with Crippen LogP contribution in [0.3, 0.4) is 0 Å². The van der Waals surface area contributed by atoms with Crippen LogP contribution < -0.4 is 15.2 Å². The standard InChI is InChI=1S/C17H24N2O5S/c18-17(20)5-10-25(21,22)11-7-19-6-1-2-14(19)13-3-4-15-16(12-13)24-9-8-23-15/h3-4,12,14H,1-2,5-11H2,(H2,18,20). The van der Waals surface area contributed by atoms with Crippen LogP contribution in [0, 0.1) is 0 Å². The number of likely N-dealkylation sites (tertiary alicyclic amines) is 1. The van der Waals surface area contributed by atoms with Gasteiger partial charge in [-0.15, -0.1) is 0 Å². The molecule has 2 aliphatic heterocycles. The van der Waals surface area contributed by atoms with Crippen molar-refractivity contribution in [3.05, 3.63) is 23.8 Å². The van der Waals surface area contributed by atoms with Crippen LogP contribution in [-0.4, -0.2) is 57.0 Å². The fourth-order valence-electron chi connectivity index (χ4n) is 3.35. The van der Waals surface area contributed by atoms with Gasteiger partial charge in [-0.1, -0.05) is 6.07 Å². The molecular formula is C17H24N2O5S. The van der Waals surface area contributed by atoms with Crippen molar-refractivity contribution >= 4 is 15.7 Å². The number of hydrogen-bond donors (Lipinski definition) is 1. The number of fused-ring (bicyclic) bond motifs is 1. The minimum Gasteiger partial charge on any atom is -0.486 e. The number of carbonyl (C=O) groups excluding carboxylic acids is 1. The first-order valence-corrected chi connectivity index (χ1v) is 10.4. The molecule has 1 fully saturated rings. The van der Waals surface area contributed by atoms with E-state index in [2.05, 4.69) is 4.90 Å². The van der Waals surface area contributed by atoms with Gasteiger partial charge in [0.05, 0.1) is 11.5 Å². The Morgan fingerprint density at radius 1 is 1.20 bits per heavy atom. The lowest BCUT2D eigenvalue weighted by molar-refractivity contribution is -0.117. The van der Waals surface area contributed by atoms with Crippen molar-refractivity contribution in [1.29, 1.82) is 0 Å². The molecule has 2 heterocycles. The highest BCUT2D eigenvalue weighted by Crippen LogP contribution is 2.37. The SMILES string of the molecule is NC(=O)CCS(=O)(=O)CCN1CCCC1c1ccc2c(c1)OCCO2. The van der Waals surface area contributed by atoms with E-state index in [1.165, 1.54) is 0 Å². The van der Waals surface area contributed by atoms with Gasteiger partial charge >= 0.3 is 0 Å². The summed E-state index contributed by atoms with van der Waals surface area (Å²) in [6.07, 6.45) is 1.90. The Labute approximate surface area is 148 Å². The van der Waals surface area contributed by atoms with Crippen LogP contribution in [0.15, 0.2) is 18.2 Å². The fraction of sp³-hybridized carbons (Fsp3) is 0.588. The summed E-state index contributed by atoms with van der Waals surface area (Å²) in [6, 6.07) is 6.13. The third-order valence-corrected chi connectivity index (χ3v) is 6.29. The van der Waals surface area contributed by atoms with Gasteiger partial charge in [-0.05, 0) is 37.1 Å². The number of hydrogen-bond acceptors (Lipinski definition) is 6. The molecule has 3 rings (SSSR count). The maximum atomic E-state index is 12.1. The molecule has 1 aromatic carbocycles. The molecule has 25 heavy (non-hydrogen) atoms. The Kier molecular flexibility index (Phi) is 5.48. The van der Waals surface area contributed by atoms with Gasteiger partial charge in [0.1, 0.15) is 13.2 Å². The summed E-state index contributed by atoms with van der Waals surface area (Å²) in [5, 5.41) is 0. The summed E-state index contributed by atoms with van der Waals surface area (Å²) in [5.41, 5.74) is 6.16. The molecular weight excluding hydrogens is 344 g/mol. The van der Waals surface area contributed by atoms with Gasteiger partial charge in [-0.25, -0.2) is 8.42 Å². The number of amides is 1. The minimum absolute atomic E-state index is 0.0430. The molecule has 1 atom stereocenters. The van der Waals surface area contributed by atoms with Crippen molar-refractivity contribution in [2.24, 2.45) is 5.73 Å². The largest absolute Gasteiger partial charge is 0.486 e. The maximum absolute atomic E-state index is 12.1. The van der Waals surface area contributed by atoms with Crippen LogP contribution in [-0.2, 0) is 14.6 Å². The molecule has 1 saturated heterocycles. The summed E-state index contributed by atoms with van der Waals surface area (Å²) in [7, 11) is -3.27. The first-order chi connectivity index (χ1) is 11.9. The molecule has 7 nitrogen and oxygen atoms in total. The minimum atomic E-state index is -3.27. The molecule has 0 aromatic heterocycles. The van der Waals surface area contributed by atoms with E-state index in [1.807, 2.05) is 18.2 Å². The number of nitrogens with two attached hydrogens (primary N) is 1. The Bertz CT molecular complexity index is 735. The average Bonchev–Trinajstić information content (AvgIpc) is 3.07. The van der Waals surface area contributed by atoms with E-state index >= 15 is 0 Å². The van der Waals surface area contributed by atoms with Gasteiger partial charge < -0.3 is 15.2 Å². The van der Waals surface area contributed by atoms with Crippen LogP contribution in [0.2, 0.25) is 0 Å². The molecule has 138 valence electrons. The lowest BCUT2D eigenvalue weighted by Crippen LogP contribution is -2.30. The van der Waals surface area contributed by atoms with Crippen molar-refractivity contribution in [1.82, 2.24) is 4.90 Å². The number of benzene rings is 1. The van der Waals surface area contributed by atoms with E-state index < -0.39 is 15.7 Å². The number of primary amides is 1. The van der Waals surface area contributed by atoms with Gasteiger partial charge in [-0.2, -0.15) is 0 Å². The number of rotatable bonds is 7. The summed E-state index contributed by atoms with van der Waals surface area (Å²) in [6.45, 7) is 2.43.